The highest BCUT2D eigenvalue weighted by molar-refractivity contribution is 5.46. The first kappa shape index (κ1) is 9.20. The fourth-order valence-electron chi connectivity index (χ4n) is 2.93. The number of anilines is 1. The van der Waals surface area contributed by atoms with Crippen LogP contribution < -0.4 is 4.90 Å². The van der Waals surface area contributed by atoms with E-state index in [2.05, 4.69) is 35.9 Å². The second-order valence-electron chi connectivity index (χ2n) is 5.21. The van der Waals surface area contributed by atoms with Crippen LogP contribution in [0.15, 0.2) is 24.4 Å². The van der Waals surface area contributed by atoms with Crippen LogP contribution in [-0.2, 0) is 0 Å². The highest BCUT2D eigenvalue weighted by Gasteiger charge is 2.52. The van der Waals surface area contributed by atoms with E-state index in [1.54, 1.807) is 0 Å². The Hall–Kier alpha value is -1.05. The maximum atomic E-state index is 4.50. The van der Waals surface area contributed by atoms with Crippen molar-refractivity contribution in [2.75, 3.05) is 4.90 Å². The molecule has 0 aromatic carbocycles. The Balaban J connectivity index is 1.90. The fourth-order valence-corrected chi connectivity index (χ4v) is 2.93. The van der Waals surface area contributed by atoms with E-state index in [0.29, 0.717) is 6.04 Å². The monoisotopic (exact) mass is 202 g/mol. The largest absolute Gasteiger partial charge is 0.350 e. The number of hydrogen-bond acceptors (Lipinski definition) is 2. The van der Waals surface area contributed by atoms with Crippen LogP contribution in [0, 0.1) is 11.8 Å². The molecule has 0 radical (unpaired) electrons. The molecule has 2 nitrogen and oxygen atoms in total. The summed E-state index contributed by atoms with van der Waals surface area (Å²) in [6.45, 7) is 4.65. The van der Waals surface area contributed by atoms with E-state index in [0.717, 1.165) is 17.9 Å². The van der Waals surface area contributed by atoms with Crippen molar-refractivity contribution in [2.24, 2.45) is 11.8 Å². The summed E-state index contributed by atoms with van der Waals surface area (Å²) in [5, 5.41) is 0. The van der Waals surface area contributed by atoms with Gasteiger partial charge in [0, 0.05) is 18.3 Å². The quantitative estimate of drug-likeness (QED) is 0.733. The van der Waals surface area contributed by atoms with Gasteiger partial charge in [0.2, 0.25) is 0 Å². The van der Waals surface area contributed by atoms with E-state index < -0.39 is 0 Å². The third kappa shape index (κ3) is 1.43. The van der Waals surface area contributed by atoms with Crippen molar-refractivity contribution in [1.29, 1.82) is 0 Å². The molecule has 2 fully saturated rings. The number of fused-ring (bicyclic) bond motifs is 1. The number of piperidine rings is 1. The average molecular weight is 202 g/mol. The molecule has 15 heavy (non-hydrogen) atoms. The molecule has 1 aromatic heterocycles. The lowest BCUT2D eigenvalue weighted by Gasteiger charge is -2.31. The predicted molar refractivity (Wildman–Crippen MR) is 61.9 cm³/mol. The Bertz CT molecular complexity index is 347. The molecule has 1 aliphatic heterocycles. The van der Waals surface area contributed by atoms with Crippen LogP contribution in [0.4, 0.5) is 5.82 Å². The molecule has 0 amide bonds. The number of aromatic nitrogens is 1. The van der Waals surface area contributed by atoms with Gasteiger partial charge in [0.15, 0.2) is 0 Å². The molecule has 3 rings (SSSR count). The summed E-state index contributed by atoms with van der Waals surface area (Å²) < 4.78 is 0. The van der Waals surface area contributed by atoms with Crippen LogP contribution in [0.5, 0.6) is 0 Å². The molecule has 0 N–H and O–H groups in total. The minimum atomic E-state index is 0.712. The van der Waals surface area contributed by atoms with Gasteiger partial charge in [-0.3, -0.25) is 0 Å². The molecular weight excluding hydrogens is 184 g/mol. The zero-order chi connectivity index (χ0) is 10.4. The van der Waals surface area contributed by atoms with E-state index in [4.69, 9.17) is 0 Å². The molecule has 2 heteroatoms. The summed E-state index contributed by atoms with van der Waals surface area (Å²) in [5.41, 5.74) is 0. The number of pyridine rings is 1. The van der Waals surface area contributed by atoms with Crippen molar-refractivity contribution >= 4 is 5.82 Å². The second kappa shape index (κ2) is 3.22. The maximum Gasteiger partial charge on any atom is 0.128 e. The van der Waals surface area contributed by atoms with Gasteiger partial charge in [0.05, 0.1) is 0 Å². The van der Waals surface area contributed by atoms with Crippen molar-refractivity contribution in [1.82, 2.24) is 4.98 Å². The molecule has 80 valence electrons. The molecular formula is C13H18N2. The maximum absolute atomic E-state index is 4.50. The lowest BCUT2D eigenvalue weighted by atomic mass is 9.99. The molecule has 3 atom stereocenters. The second-order valence-corrected chi connectivity index (χ2v) is 5.21. The van der Waals surface area contributed by atoms with E-state index in [1.807, 2.05) is 12.3 Å². The first-order valence-corrected chi connectivity index (χ1v) is 5.96. The van der Waals surface area contributed by atoms with Crippen molar-refractivity contribution in [2.45, 2.75) is 38.8 Å². The van der Waals surface area contributed by atoms with E-state index >= 15 is 0 Å². The van der Waals surface area contributed by atoms with E-state index in [-0.39, 0.29) is 0 Å². The summed E-state index contributed by atoms with van der Waals surface area (Å²) in [6, 6.07) is 7.75. The van der Waals surface area contributed by atoms with Gasteiger partial charge in [0.25, 0.3) is 0 Å². The molecule has 2 heterocycles. The van der Waals surface area contributed by atoms with Crippen LogP contribution in [0.25, 0.3) is 0 Å². The van der Waals surface area contributed by atoms with Crippen LogP contribution in [0.3, 0.4) is 0 Å². The molecule has 1 saturated heterocycles. The van der Waals surface area contributed by atoms with Crippen molar-refractivity contribution < 1.29 is 0 Å². The summed E-state index contributed by atoms with van der Waals surface area (Å²) in [6.07, 6.45) is 4.67. The Morgan fingerprint density at radius 2 is 2.20 bits per heavy atom. The Morgan fingerprint density at radius 3 is 2.87 bits per heavy atom. The first-order chi connectivity index (χ1) is 7.27. The van der Waals surface area contributed by atoms with Gasteiger partial charge >= 0.3 is 0 Å². The van der Waals surface area contributed by atoms with Crippen molar-refractivity contribution in [3.63, 3.8) is 0 Å². The third-order valence-corrected chi connectivity index (χ3v) is 3.83. The molecule has 0 bridgehead atoms. The van der Waals surface area contributed by atoms with Crippen LogP contribution in [0.2, 0.25) is 0 Å². The van der Waals surface area contributed by atoms with Crippen LogP contribution >= 0.6 is 0 Å². The number of rotatable bonds is 2. The van der Waals surface area contributed by atoms with Gasteiger partial charge in [-0.25, -0.2) is 4.98 Å². The lowest BCUT2D eigenvalue weighted by Crippen LogP contribution is -2.37. The molecule has 3 unspecified atom stereocenters. The normalized spacial score (nSPS) is 33.3. The van der Waals surface area contributed by atoms with Crippen LogP contribution in [-0.4, -0.2) is 17.1 Å². The minimum absolute atomic E-state index is 0.712. The van der Waals surface area contributed by atoms with Crippen molar-refractivity contribution in [3.8, 4) is 0 Å². The molecule has 1 aliphatic carbocycles. The SMILES string of the molecule is CC(C)C1CC2CC2N1c1ccccn1. The summed E-state index contributed by atoms with van der Waals surface area (Å²) in [5.74, 6) is 2.88. The molecule has 1 saturated carbocycles. The molecule has 0 spiro atoms. The Labute approximate surface area is 91.3 Å². The Morgan fingerprint density at radius 1 is 1.33 bits per heavy atom. The highest BCUT2D eigenvalue weighted by atomic mass is 15.3. The topological polar surface area (TPSA) is 16.1 Å². The lowest BCUT2D eigenvalue weighted by molar-refractivity contribution is 0.455. The van der Waals surface area contributed by atoms with E-state index in [9.17, 15) is 0 Å². The van der Waals surface area contributed by atoms with E-state index in [1.165, 1.54) is 18.7 Å². The third-order valence-electron chi connectivity index (χ3n) is 3.83. The van der Waals surface area contributed by atoms with Crippen LogP contribution in [0.1, 0.15) is 26.7 Å². The number of hydrogen-bond donors (Lipinski definition) is 0. The van der Waals surface area contributed by atoms with Gasteiger partial charge in [-0.2, -0.15) is 0 Å². The standard InChI is InChI=1S/C13H18N2/c1-9(2)11-7-10-8-12(10)15(11)13-5-3-4-6-14-13/h3-6,9-12H,7-8H2,1-2H3. The predicted octanol–water partition coefficient (Wildman–Crippen LogP) is 2.70. The van der Waals surface area contributed by atoms with Gasteiger partial charge < -0.3 is 4.90 Å². The fraction of sp³-hybridized carbons (Fsp3) is 0.615. The molecule has 2 aliphatic rings. The first-order valence-electron chi connectivity index (χ1n) is 5.96. The zero-order valence-electron chi connectivity index (χ0n) is 9.43. The Kier molecular flexibility index (Phi) is 1.98. The number of nitrogens with zero attached hydrogens (tertiary/aromatic N) is 2. The smallest absolute Gasteiger partial charge is 0.128 e. The van der Waals surface area contributed by atoms with Gasteiger partial charge in [-0.15, -0.1) is 0 Å². The van der Waals surface area contributed by atoms with Gasteiger partial charge in [-0.1, -0.05) is 19.9 Å². The summed E-state index contributed by atoms with van der Waals surface area (Å²) in [4.78, 5) is 7.06. The van der Waals surface area contributed by atoms with Gasteiger partial charge in [0.1, 0.15) is 5.82 Å². The van der Waals surface area contributed by atoms with Gasteiger partial charge in [-0.05, 0) is 36.8 Å². The highest BCUT2D eigenvalue weighted by Crippen LogP contribution is 2.50. The summed E-state index contributed by atoms with van der Waals surface area (Å²) in [7, 11) is 0. The minimum Gasteiger partial charge on any atom is -0.350 e. The van der Waals surface area contributed by atoms with Crippen molar-refractivity contribution in [3.05, 3.63) is 24.4 Å². The zero-order valence-corrected chi connectivity index (χ0v) is 9.43. The average Bonchev–Trinajstić information content (AvgIpc) is 2.91. The summed E-state index contributed by atoms with van der Waals surface area (Å²) >= 11 is 0. The molecule has 1 aromatic rings.